The van der Waals surface area contributed by atoms with Gasteiger partial charge in [-0.3, -0.25) is 9.47 Å². The van der Waals surface area contributed by atoms with Gasteiger partial charge in [-0.15, -0.1) is 0 Å². The lowest BCUT2D eigenvalue weighted by Crippen LogP contribution is -2.49. The van der Waals surface area contributed by atoms with E-state index in [-0.39, 0.29) is 18.0 Å². The van der Waals surface area contributed by atoms with E-state index in [0.29, 0.717) is 30.6 Å². The highest BCUT2D eigenvalue weighted by Gasteiger charge is 2.34. The fourth-order valence-corrected chi connectivity index (χ4v) is 5.21. The standard InChI is InChI=1S/C20H20F3N5O2S2/c21-20(22,23)16-5-4-8-18(13-16)32(29,30)26-11-9-25(10-12-26)15-28-19(31)27(14-24-28)17-6-2-1-3-7-17/h1-8,13-14H,9-12,15H2. The molecule has 0 bridgehead atoms. The fourth-order valence-electron chi connectivity index (χ4n) is 3.48. The first kappa shape index (κ1) is 22.6. The van der Waals surface area contributed by atoms with Crippen LogP contribution >= 0.6 is 12.2 Å². The number of nitrogens with zero attached hydrogens (tertiary/aromatic N) is 5. The van der Waals surface area contributed by atoms with Crippen molar-refractivity contribution < 1.29 is 21.6 Å². The molecular formula is C20H20F3N5O2S2. The lowest BCUT2D eigenvalue weighted by atomic mass is 10.2. The molecule has 1 aliphatic rings. The van der Waals surface area contributed by atoms with Crippen molar-refractivity contribution in [2.75, 3.05) is 26.2 Å². The van der Waals surface area contributed by atoms with E-state index in [2.05, 4.69) is 5.10 Å². The average molecular weight is 484 g/mol. The van der Waals surface area contributed by atoms with Crippen molar-refractivity contribution >= 4 is 22.2 Å². The molecule has 2 aromatic carbocycles. The normalized spacial score (nSPS) is 16.3. The molecule has 7 nitrogen and oxygen atoms in total. The van der Waals surface area contributed by atoms with Crippen LogP contribution in [0.2, 0.25) is 0 Å². The molecule has 1 fully saturated rings. The molecule has 0 spiro atoms. The van der Waals surface area contributed by atoms with E-state index in [9.17, 15) is 21.6 Å². The van der Waals surface area contributed by atoms with Crippen LogP contribution in [-0.4, -0.2) is 58.1 Å². The van der Waals surface area contributed by atoms with Gasteiger partial charge in [0.2, 0.25) is 14.8 Å². The first-order valence-corrected chi connectivity index (χ1v) is 11.6. The second kappa shape index (κ2) is 8.77. The number of para-hydroxylation sites is 1. The summed E-state index contributed by atoms with van der Waals surface area (Å²) in [6, 6.07) is 13.4. The van der Waals surface area contributed by atoms with Gasteiger partial charge in [-0.25, -0.2) is 13.1 Å². The van der Waals surface area contributed by atoms with Gasteiger partial charge in [-0.1, -0.05) is 24.3 Å². The van der Waals surface area contributed by atoms with Crippen LogP contribution in [0, 0.1) is 4.77 Å². The number of halogens is 3. The Labute approximate surface area is 188 Å². The third kappa shape index (κ3) is 4.63. The molecule has 170 valence electrons. The zero-order chi connectivity index (χ0) is 22.9. The van der Waals surface area contributed by atoms with Gasteiger partial charge in [0.25, 0.3) is 0 Å². The Balaban J connectivity index is 1.43. The van der Waals surface area contributed by atoms with Crippen LogP contribution in [0.1, 0.15) is 5.56 Å². The van der Waals surface area contributed by atoms with Gasteiger partial charge in [-0.2, -0.15) is 22.6 Å². The molecule has 0 N–H and O–H groups in total. The Morgan fingerprint density at radius 1 is 0.969 bits per heavy atom. The third-order valence-electron chi connectivity index (χ3n) is 5.23. The highest BCUT2D eigenvalue weighted by atomic mass is 32.2. The quantitative estimate of drug-likeness (QED) is 0.521. The van der Waals surface area contributed by atoms with Crippen molar-refractivity contribution in [2.45, 2.75) is 17.7 Å². The minimum Gasteiger partial charge on any atom is -0.282 e. The van der Waals surface area contributed by atoms with Crippen molar-refractivity contribution in [1.82, 2.24) is 23.6 Å². The minimum absolute atomic E-state index is 0.158. The summed E-state index contributed by atoms with van der Waals surface area (Å²) in [5.74, 6) is 0. The topological polar surface area (TPSA) is 63.4 Å². The Morgan fingerprint density at radius 3 is 2.31 bits per heavy atom. The molecule has 12 heteroatoms. The van der Waals surface area contributed by atoms with Crippen LogP contribution in [0.5, 0.6) is 0 Å². The largest absolute Gasteiger partial charge is 0.416 e. The predicted molar refractivity (Wildman–Crippen MR) is 114 cm³/mol. The Morgan fingerprint density at radius 2 is 1.66 bits per heavy atom. The third-order valence-corrected chi connectivity index (χ3v) is 7.53. The van der Waals surface area contributed by atoms with E-state index < -0.39 is 21.8 Å². The van der Waals surface area contributed by atoms with Crippen LogP contribution in [0.4, 0.5) is 13.2 Å². The van der Waals surface area contributed by atoms with Gasteiger partial charge in [0, 0.05) is 31.9 Å². The maximum absolute atomic E-state index is 13.0. The molecule has 2 heterocycles. The summed E-state index contributed by atoms with van der Waals surface area (Å²) < 4.78 is 69.7. The van der Waals surface area contributed by atoms with Crippen LogP contribution in [0.3, 0.4) is 0 Å². The summed E-state index contributed by atoms with van der Waals surface area (Å²) in [5, 5.41) is 4.33. The monoisotopic (exact) mass is 483 g/mol. The molecule has 32 heavy (non-hydrogen) atoms. The molecule has 0 radical (unpaired) electrons. The summed E-state index contributed by atoms with van der Waals surface area (Å²) in [6.07, 6.45) is -2.97. The maximum atomic E-state index is 13.0. The van der Waals surface area contributed by atoms with Gasteiger partial charge < -0.3 is 0 Å². The van der Waals surface area contributed by atoms with Crippen LogP contribution in [-0.2, 0) is 22.9 Å². The molecule has 4 rings (SSSR count). The first-order chi connectivity index (χ1) is 15.2. The molecule has 1 aromatic heterocycles. The lowest BCUT2D eigenvalue weighted by Gasteiger charge is -2.33. The van der Waals surface area contributed by atoms with Crippen molar-refractivity contribution in [3.8, 4) is 5.69 Å². The maximum Gasteiger partial charge on any atom is 0.416 e. The molecule has 0 atom stereocenters. The summed E-state index contributed by atoms with van der Waals surface area (Å²) in [6.45, 7) is 1.50. The van der Waals surface area contributed by atoms with Crippen molar-refractivity contribution in [3.05, 3.63) is 71.3 Å². The number of alkyl halides is 3. The Bertz CT molecular complexity index is 1250. The first-order valence-electron chi connectivity index (χ1n) is 9.76. The van der Waals surface area contributed by atoms with Gasteiger partial charge in [0.15, 0.2) is 0 Å². The van der Waals surface area contributed by atoms with Crippen LogP contribution < -0.4 is 0 Å². The highest BCUT2D eigenvalue weighted by Crippen LogP contribution is 2.31. The van der Waals surface area contributed by atoms with Crippen LogP contribution in [0.25, 0.3) is 5.69 Å². The smallest absolute Gasteiger partial charge is 0.282 e. The summed E-state index contributed by atoms with van der Waals surface area (Å²) in [7, 11) is -4.02. The highest BCUT2D eigenvalue weighted by molar-refractivity contribution is 7.89. The number of hydrogen-bond donors (Lipinski definition) is 0. The Kier molecular flexibility index (Phi) is 6.21. The average Bonchev–Trinajstić information content (AvgIpc) is 3.14. The number of rotatable bonds is 5. The van der Waals surface area contributed by atoms with Gasteiger partial charge >= 0.3 is 6.18 Å². The zero-order valence-electron chi connectivity index (χ0n) is 16.8. The van der Waals surface area contributed by atoms with Crippen molar-refractivity contribution in [1.29, 1.82) is 0 Å². The van der Waals surface area contributed by atoms with E-state index in [1.807, 2.05) is 35.2 Å². The number of benzene rings is 2. The second-order valence-electron chi connectivity index (χ2n) is 7.31. The molecule has 3 aromatic rings. The molecule has 0 aliphatic carbocycles. The SMILES string of the molecule is O=S(=O)(c1cccc(C(F)(F)F)c1)N1CCN(Cn2ncn(-c3ccccc3)c2=S)CC1. The molecule has 1 saturated heterocycles. The molecule has 1 aliphatic heterocycles. The molecular weight excluding hydrogens is 463 g/mol. The second-order valence-corrected chi connectivity index (χ2v) is 9.61. The zero-order valence-corrected chi connectivity index (χ0v) is 18.4. The van der Waals surface area contributed by atoms with Crippen molar-refractivity contribution in [2.24, 2.45) is 0 Å². The van der Waals surface area contributed by atoms with Gasteiger partial charge in [0.1, 0.15) is 6.33 Å². The number of aromatic nitrogens is 3. The van der Waals surface area contributed by atoms with Gasteiger partial charge in [-0.05, 0) is 42.5 Å². The summed E-state index contributed by atoms with van der Waals surface area (Å²) in [5.41, 5.74) is -0.0960. The van der Waals surface area contributed by atoms with Gasteiger partial charge in [0.05, 0.1) is 17.1 Å². The van der Waals surface area contributed by atoms with E-state index in [1.165, 1.54) is 10.4 Å². The summed E-state index contributed by atoms with van der Waals surface area (Å²) in [4.78, 5) is 1.64. The molecule has 0 saturated carbocycles. The predicted octanol–water partition coefficient (Wildman–Crippen LogP) is 3.39. The van der Waals surface area contributed by atoms with Crippen molar-refractivity contribution in [3.63, 3.8) is 0 Å². The van der Waals surface area contributed by atoms with E-state index in [1.54, 1.807) is 15.6 Å². The van der Waals surface area contributed by atoms with E-state index >= 15 is 0 Å². The fraction of sp³-hybridized carbons (Fsp3) is 0.300. The lowest BCUT2D eigenvalue weighted by molar-refractivity contribution is -0.137. The number of sulfonamides is 1. The minimum atomic E-state index is -4.60. The van der Waals surface area contributed by atoms with E-state index in [4.69, 9.17) is 12.2 Å². The van der Waals surface area contributed by atoms with Crippen LogP contribution in [0.15, 0.2) is 65.8 Å². The molecule has 0 unspecified atom stereocenters. The Hall–Kier alpha value is -2.54. The number of piperazine rings is 1. The van der Waals surface area contributed by atoms with E-state index in [0.717, 1.165) is 17.8 Å². The number of hydrogen-bond acceptors (Lipinski definition) is 5. The summed E-state index contributed by atoms with van der Waals surface area (Å²) >= 11 is 5.50. The molecule has 0 amide bonds.